The Bertz CT molecular complexity index is 1300. The number of likely N-dealkylation sites (tertiary alicyclic amines) is 1. The highest BCUT2D eigenvalue weighted by Gasteiger charge is 2.31. The van der Waals surface area contributed by atoms with Gasteiger partial charge in [-0.25, -0.2) is 0 Å². The van der Waals surface area contributed by atoms with Crippen LogP contribution in [0.5, 0.6) is 5.75 Å². The third kappa shape index (κ3) is 6.68. The summed E-state index contributed by atoms with van der Waals surface area (Å²) in [6.45, 7) is 3.30. The molecular formula is C28H33F3N4OS. The van der Waals surface area contributed by atoms with Crippen LogP contribution in [0.4, 0.5) is 24.5 Å². The first-order chi connectivity index (χ1) is 17.6. The second-order valence-corrected chi connectivity index (χ2v) is 10.6. The summed E-state index contributed by atoms with van der Waals surface area (Å²) in [7, 11) is 3.70. The molecule has 1 saturated heterocycles. The number of thioether (sulfide) groups is 1. The Balaban J connectivity index is 1.61. The SMILES string of the molecule is COc1cc(SC)ccc1NCC#Cc1cc2c(NC3(C)CCN(C)CC3)cccc2n1CC(F)(F)F. The summed E-state index contributed by atoms with van der Waals surface area (Å²) in [6.07, 6.45) is -0.454. The summed E-state index contributed by atoms with van der Waals surface area (Å²) in [5.41, 5.74) is 2.36. The monoisotopic (exact) mass is 530 g/mol. The number of nitrogens with zero attached hydrogens (tertiary/aromatic N) is 2. The number of nitrogens with one attached hydrogen (secondary N) is 2. The third-order valence-corrected chi connectivity index (χ3v) is 7.53. The van der Waals surface area contributed by atoms with E-state index < -0.39 is 12.7 Å². The molecule has 0 atom stereocenters. The number of piperidine rings is 1. The Morgan fingerprint density at radius 2 is 1.86 bits per heavy atom. The van der Waals surface area contributed by atoms with Gasteiger partial charge in [-0.05, 0) is 75.4 Å². The highest BCUT2D eigenvalue weighted by molar-refractivity contribution is 7.98. The molecule has 2 aromatic carbocycles. The normalized spacial score (nSPS) is 15.8. The number of hydrogen-bond acceptors (Lipinski definition) is 5. The second kappa shape index (κ2) is 11.2. The highest BCUT2D eigenvalue weighted by atomic mass is 32.2. The molecule has 0 bridgehead atoms. The van der Waals surface area contributed by atoms with Gasteiger partial charge in [-0.3, -0.25) is 0 Å². The zero-order valence-electron chi connectivity index (χ0n) is 21.6. The van der Waals surface area contributed by atoms with Gasteiger partial charge < -0.3 is 24.8 Å². The molecule has 37 heavy (non-hydrogen) atoms. The van der Waals surface area contributed by atoms with Crippen LogP contribution < -0.4 is 15.4 Å². The predicted molar refractivity (Wildman–Crippen MR) is 147 cm³/mol. The fraction of sp³-hybridized carbons (Fsp3) is 0.429. The molecule has 3 aromatic rings. The zero-order chi connectivity index (χ0) is 26.6. The van der Waals surface area contributed by atoms with Crippen LogP contribution in [0.2, 0.25) is 0 Å². The molecule has 1 aliphatic rings. The summed E-state index contributed by atoms with van der Waals surface area (Å²) in [5, 5.41) is 7.59. The molecule has 0 amide bonds. The topological polar surface area (TPSA) is 41.5 Å². The van der Waals surface area contributed by atoms with Crippen molar-refractivity contribution in [3.63, 3.8) is 0 Å². The van der Waals surface area contributed by atoms with Crippen molar-refractivity contribution in [3.8, 4) is 17.6 Å². The van der Waals surface area contributed by atoms with Gasteiger partial charge in [-0.1, -0.05) is 12.0 Å². The number of benzene rings is 2. The fourth-order valence-corrected chi connectivity index (χ4v) is 5.06. The maximum atomic E-state index is 13.5. The van der Waals surface area contributed by atoms with Crippen LogP contribution >= 0.6 is 11.8 Å². The summed E-state index contributed by atoms with van der Waals surface area (Å²) in [5.74, 6) is 6.66. The number of fused-ring (bicyclic) bond motifs is 1. The van der Waals surface area contributed by atoms with E-state index in [1.165, 1.54) is 4.57 Å². The first kappa shape index (κ1) is 27.1. The van der Waals surface area contributed by atoms with E-state index in [4.69, 9.17) is 4.74 Å². The van der Waals surface area contributed by atoms with E-state index in [1.54, 1.807) is 37.1 Å². The number of ether oxygens (including phenoxy) is 1. The highest BCUT2D eigenvalue weighted by Crippen LogP contribution is 2.34. The van der Waals surface area contributed by atoms with Crippen molar-refractivity contribution >= 4 is 34.0 Å². The molecule has 1 aromatic heterocycles. The molecular weight excluding hydrogens is 497 g/mol. The fourth-order valence-electron chi connectivity index (χ4n) is 4.63. The van der Waals surface area contributed by atoms with Crippen molar-refractivity contribution in [2.24, 2.45) is 0 Å². The lowest BCUT2D eigenvalue weighted by molar-refractivity contribution is -0.140. The van der Waals surface area contributed by atoms with Crippen LogP contribution in [-0.4, -0.2) is 61.2 Å². The van der Waals surface area contributed by atoms with Crippen molar-refractivity contribution in [2.75, 3.05) is 50.7 Å². The minimum Gasteiger partial charge on any atom is -0.495 e. The average molecular weight is 531 g/mol. The van der Waals surface area contributed by atoms with E-state index in [2.05, 4.69) is 41.3 Å². The van der Waals surface area contributed by atoms with Gasteiger partial charge in [0, 0.05) is 34.6 Å². The minimum atomic E-state index is -4.36. The average Bonchev–Trinajstić information content (AvgIpc) is 3.20. The molecule has 9 heteroatoms. The van der Waals surface area contributed by atoms with Crippen LogP contribution in [0.1, 0.15) is 25.5 Å². The van der Waals surface area contributed by atoms with E-state index in [0.717, 1.165) is 47.6 Å². The predicted octanol–water partition coefficient (Wildman–Crippen LogP) is 6.29. The number of halogens is 3. The van der Waals surface area contributed by atoms with Gasteiger partial charge in [0.1, 0.15) is 12.3 Å². The lowest BCUT2D eigenvalue weighted by Crippen LogP contribution is -2.45. The second-order valence-electron chi connectivity index (χ2n) is 9.68. The number of methoxy groups -OCH3 is 1. The van der Waals surface area contributed by atoms with E-state index in [0.29, 0.717) is 17.0 Å². The molecule has 1 aliphatic heterocycles. The van der Waals surface area contributed by atoms with Crippen LogP contribution in [0.25, 0.3) is 10.9 Å². The number of alkyl halides is 3. The van der Waals surface area contributed by atoms with Crippen LogP contribution in [0.3, 0.4) is 0 Å². The molecule has 5 nitrogen and oxygen atoms in total. The molecule has 198 valence electrons. The quantitative estimate of drug-likeness (QED) is 0.277. The maximum Gasteiger partial charge on any atom is 0.406 e. The first-order valence-corrected chi connectivity index (χ1v) is 13.4. The Morgan fingerprint density at radius 3 is 2.54 bits per heavy atom. The molecule has 2 heterocycles. The molecule has 2 N–H and O–H groups in total. The van der Waals surface area contributed by atoms with Gasteiger partial charge in [-0.2, -0.15) is 13.2 Å². The van der Waals surface area contributed by atoms with Crippen LogP contribution in [-0.2, 0) is 6.54 Å². The van der Waals surface area contributed by atoms with Crippen molar-refractivity contribution in [2.45, 2.75) is 42.9 Å². The lowest BCUT2D eigenvalue weighted by atomic mass is 9.89. The van der Waals surface area contributed by atoms with Gasteiger partial charge in [-0.15, -0.1) is 11.8 Å². The summed E-state index contributed by atoms with van der Waals surface area (Å²) in [4.78, 5) is 3.36. The Morgan fingerprint density at radius 1 is 1.11 bits per heavy atom. The van der Waals surface area contributed by atoms with E-state index in [1.807, 2.05) is 30.5 Å². The molecule has 1 fully saturated rings. The molecule has 0 aliphatic carbocycles. The Labute approximate surface area is 220 Å². The minimum absolute atomic E-state index is 0.117. The van der Waals surface area contributed by atoms with Gasteiger partial charge in [0.05, 0.1) is 30.6 Å². The number of hydrogen-bond donors (Lipinski definition) is 2. The maximum absolute atomic E-state index is 13.5. The van der Waals surface area contributed by atoms with Crippen LogP contribution in [0.15, 0.2) is 47.4 Å². The van der Waals surface area contributed by atoms with Crippen LogP contribution in [0, 0.1) is 11.8 Å². The summed E-state index contributed by atoms with van der Waals surface area (Å²) >= 11 is 1.61. The number of rotatable bonds is 7. The standard InChI is InChI=1S/C28H33F3N4OS/c1-27(12-15-34(2)16-13-27)33-23-8-5-9-25-22(23)17-20(35(25)19-28(29,30)31)7-6-14-32-24-11-10-21(37-4)18-26(24)36-3/h5,8-11,17-18,32-33H,12-16,19H2,1-4H3. The number of anilines is 2. The van der Waals surface area contributed by atoms with E-state index in [-0.39, 0.29) is 12.1 Å². The van der Waals surface area contributed by atoms with Gasteiger partial charge in [0.25, 0.3) is 0 Å². The summed E-state index contributed by atoms with van der Waals surface area (Å²) < 4.78 is 47.3. The largest absolute Gasteiger partial charge is 0.495 e. The molecule has 0 spiro atoms. The smallest absolute Gasteiger partial charge is 0.406 e. The Hall–Kier alpha value is -2.96. The summed E-state index contributed by atoms with van der Waals surface area (Å²) in [6, 6.07) is 13.1. The molecule has 0 saturated carbocycles. The van der Waals surface area contributed by atoms with Gasteiger partial charge in [0.2, 0.25) is 0 Å². The van der Waals surface area contributed by atoms with Crippen molar-refractivity contribution in [1.82, 2.24) is 9.47 Å². The molecule has 0 radical (unpaired) electrons. The van der Waals surface area contributed by atoms with Crippen molar-refractivity contribution < 1.29 is 17.9 Å². The van der Waals surface area contributed by atoms with E-state index >= 15 is 0 Å². The Kier molecular flexibility index (Phi) is 8.20. The molecule has 4 rings (SSSR count). The lowest BCUT2D eigenvalue weighted by Gasteiger charge is -2.39. The third-order valence-electron chi connectivity index (χ3n) is 6.80. The van der Waals surface area contributed by atoms with Crippen molar-refractivity contribution in [3.05, 3.63) is 48.2 Å². The molecule has 0 unspecified atom stereocenters. The number of aromatic nitrogens is 1. The first-order valence-electron chi connectivity index (χ1n) is 12.2. The van der Waals surface area contributed by atoms with Gasteiger partial charge in [0.15, 0.2) is 0 Å². The zero-order valence-corrected chi connectivity index (χ0v) is 22.4. The van der Waals surface area contributed by atoms with Gasteiger partial charge >= 0.3 is 6.18 Å². The van der Waals surface area contributed by atoms with E-state index in [9.17, 15) is 13.2 Å². The van der Waals surface area contributed by atoms with Crippen molar-refractivity contribution in [1.29, 1.82) is 0 Å².